The molecule has 0 aliphatic heterocycles. The normalized spacial score (nSPS) is 10.3. The van der Waals surface area contributed by atoms with Gasteiger partial charge in [-0.1, -0.05) is 6.92 Å². The van der Waals surface area contributed by atoms with Gasteiger partial charge in [0, 0.05) is 18.9 Å². The zero-order chi connectivity index (χ0) is 15.2. The number of aromatic carboxylic acids is 1. The number of aryl methyl sites for hydroxylation is 1. The zero-order valence-corrected chi connectivity index (χ0v) is 11.7. The number of amides is 1. The fraction of sp³-hybridized carbons (Fsp3) is 0.267. The molecule has 2 N–H and O–H groups in total. The van der Waals surface area contributed by atoms with Crippen LogP contribution in [0.1, 0.15) is 39.9 Å². The maximum atomic E-state index is 12.1. The van der Waals surface area contributed by atoms with Gasteiger partial charge >= 0.3 is 5.97 Å². The van der Waals surface area contributed by atoms with Crippen LogP contribution in [-0.2, 0) is 13.1 Å². The third kappa shape index (κ3) is 3.68. The first kappa shape index (κ1) is 14.8. The molecule has 0 spiro atoms. The molecule has 2 heterocycles. The largest absolute Gasteiger partial charge is 0.478 e. The van der Waals surface area contributed by atoms with Crippen molar-refractivity contribution in [2.24, 2.45) is 0 Å². The fourth-order valence-electron chi connectivity index (χ4n) is 2.03. The molecule has 110 valence electrons. The topological polar surface area (TPSA) is 84.2 Å². The van der Waals surface area contributed by atoms with Crippen molar-refractivity contribution in [3.05, 3.63) is 53.6 Å². The minimum absolute atomic E-state index is 0.156. The third-order valence-electron chi connectivity index (χ3n) is 3.02. The Bertz CT molecular complexity index is 649. The van der Waals surface area contributed by atoms with Crippen molar-refractivity contribution in [3.63, 3.8) is 0 Å². The highest BCUT2D eigenvalue weighted by atomic mass is 16.4. The Morgan fingerprint density at radius 1 is 1.38 bits per heavy atom. The summed E-state index contributed by atoms with van der Waals surface area (Å²) in [4.78, 5) is 27.0. The fourth-order valence-corrected chi connectivity index (χ4v) is 2.03. The average molecular weight is 287 g/mol. The maximum Gasteiger partial charge on any atom is 0.335 e. The van der Waals surface area contributed by atoms with Crippen molar-refractivity contribution in [2.75, 3.05) is 0 Å². The summed E-state index contributed by atoms with van der Waals surface area (Å²) in [6.07, 6.45) is 4.23. The second-order valence-electron chi connectivity index (χ2n) is 4.61. The van der Waals surface area contributed by atoms with Crippen LogP contribution in [0.15, 0.2) is 36.7 Å². The quantitative estimate of drug-likeness (QED) is 0.850. The van der Waals surface area contributed by atoms with Crippen molar-refractivity contribution in [1.82, 2.24) is 14.9 Å². The molecule has 2 rings (SSSR count). The van der Waals surface area contributed by atoms with Crippen molar-refractivity contribution in [2.45, 2.75) is 26.4 Å². The predicted octanol–water partition coefficient (Wildman–Crippen LogP) is 1.92. The number of nitrogens with one attached hydrogen (secondary N) is 1. The van der Waals surface area contributed by atoms with Crippen LogP contribution in [-0.4, -0.2) is 26.5 Å². The van der Waals surface area contributed by atoms with Crippen molar-refractivity contribution < 1.29 is 14.7 Å². The van der Waals surface area contributed by atoms with E-state index in [1.165, 1.54) is 18.3 Å². The van der Waals surface area contributed by atoms with E-state index in [4.69, 9.17) is 5.11 Å². The minimum Gasteiger partial charge on any atom is -0.478 e. The van der Waals surface area contributed by atoms with Crippen LogP contribution < -0.4 is 5.32 Å². The van der Waals surface area contributed by atoms with Gasteiger partial charge in [0.25, 0.3) is 5.91 Å². The van der Waals surface area contributed by atoms with E-state index in [0.29, 0.717) is 11.4 Å². The lowest BCUT2D eigenvalue weighted by molar-refractivity contribution is 0.0696. The monoisotopic (exact) mass is 287 g/mol. The van der Waals surface area contributed by atoms with Crippen LogP contribution in [0.2, 0.25) is 0 Å². The molecular weight excluding hydrogens is 270 g/mol. The summed E-state index contributed by atoms with van der Waals surface area (Å²) in [7, 11) is 0. The van der Waals surface area contributed by atoms with Gasteiger partial charge in [0.05, 0.1) is 17.8 Å². The molecule has 0 unspecified atom stereocenters. The first-order valence-electron chi connectivity index (χ1n) is 6.73. The summed E-state index contributed by atoms with van der Waals surface area (Å²) in [5.74, 6) is -1.21. The molecule has 2 aromatic heterocycles. The van der Waals surface area contributed by atoms with E-state index in [0.717, 1.165) is 13.0 Å². The standard InChI is InChI=1S/C15H17N3O3/c1-2-7-18-8-3-4-13(18)14(19)17-10-12-9-11(15(20)21)5-6-16-12/h3-6,8-9H,2,7,10H2,1H3,(H,17,19)(H,20,21). The number of hydrogen-bond acceptors (Lipinski definition) is 3. The number of carboxylic acids is 1. The lowest BCUT2D eigenvalue weighted by Gasteiger charge is -2.08. The van der Waals surface area contributed by atoms with Gasteiger partial charge < -0.3 is 15.0 Å². The predicted molar refractivity (Wildman–Crippen MR) is 77.1 cm³/mol. The summed E-state index contributed by atoms with van der Waals surface area (Å²) in [5.41, 5.74) is 1.26. The number of pyridine rings is 1. The summed E-state index contributed by atoms with van der Waals surface area (Å²) in [6, 6.07) is 6.45. The zero-order valence-electron chi connectivity index (χ0n) is 11.7. The van der Waals surface area contributed by atoms with E-state index in [-0.39, 0.29) is 18.0 Å². The molecule has 6 nitrogen and oxygen atoms in total. The van der Waals surface area contributed by atoms with Crippen LogP contribution in [0.3, 0.4) is 0 Å². The highest BCUT2D eigenvalue weighted by Gasteiger charge is 2.11. The number of rotatable bonds is 6. The third-order valence-corrected chi connectivity index (χ3v) is 3.02. The Labute approximate surface area is 122 Å². The molecule has 6 heteroatoms. The molecule has 0 aromatic carbocycles. The van der Waals surface area contributed by atoms with Crippen molar-refractivity contribution in [1.29, 1.82) is 0 Å². The molecule has 21 heavy (non-hydrogen) atoms. The Kier molecular flexibility index (Phi) is 4.71. The number of hydrogen-bond donors (Lipinski definition) is 2. The van der Waals surface area contributed by atoms with E-state index >= 15 is 0 Å². The van der Waals surface area contributed by atoms with Gasteiger partial charge in [0.1, 0.15) is 5.69 Å². The van der Waals surface area contributed by atoms with Gasteiger partial charge in [-0.15, -0.1) is 0 Å². The number of carbonyl (C=O) groups is 2. The summed E-state index contributed by atoms with van der Waals surface area (Å²) < 4.78 is 1.89. The van der Waals surface area contributed by atoms with E-state index in [1.807, 2.05) is 23.8 Å². The first-order chi connectivity index (χ1) is 10.1. The van der Waals surface area contributed by atoms with E-state index in [2.05, 4.69) is 10.3 Å². The molecule has 0 aliphatic rings. The Balaban J connectivity index is 2.02. The Morgan fingerprint density at radius 2 is 2.19 bits per heavy atom. The molecule has 0 radical (unpaired) electrons. The van der Waals surface area contributed by atoms with Crippen molar-refractivity contribution in [3.8, 4) is 0 Å². The molecule has 0 bridgehead atoms. The van der Waals surface area contributed by atoms with E-state index in [1.54, 1.807) is 6.07 Å². The minimum atomic E-state index is -1.01. The Morgan fingerprint density at radius 3 is 2.90 bits per heavy atom. The molecule has 0 saturated carbocycles. The number of carbonyl (C=O) groups excluding carboxylic acids is 1. The smallest absolute Gasteiger partial charge is 0.335 e. The van der Waals surface area contributed by atoms with Crippen LogP contribution in [0, 0.1) is 0 Å². The highest BCUT2D eigenvalue weighted by molar-refractivity contribution is 5.92. The second-order valence-corrected chi connectivity index (χ2v) is 4.61. The van der Waals surface area contributed by atoms with Crippen LogP contribution >= 0.6 is 0 Å². The molecule has 0 fully saturated rings. The number of aromatic nitrogens is 2. The summed E-state index contributed by atoms with van der Waals surface area (Å²) in [6.45, 7) is 3.02. The van der Waals surface area contributed by atoms with Crippen LogP contribution in [0.4, 0.5) is 0 Å². The highest BCUT2D eigenvalue weighted by Crippen LogP contribution is 2.05. The van der Waals surface area contributed by atoms with Crippen molar-refractivity contribution >= 4 is 11.9 Å². The van der Waals surface area contributed by atoms with Gasteiger partial charge in [-0.05, 0) is 30.7 Å². The second kappa shape index (κ2) is 6.69. The van der Waals surface area contributed by atoms with Gasteiger partial charge in [-0.25, -0.2) is 4.79 Å². The van der Waals surface area contributed by atoms with Crippen LogP contribution in [0.5, 0.6) is 0 Å². The summed E-state index contributed by atoms with van der Waals surface area (Å²) >= 11 is 0. The lowest BCUT2D eigenvalue weighted by Crippen LogP contribution is -2.26. The molecule has 0 saturated heterocycles. The first-order valence-corrected chi connectivity index (χ1v) is 6.73. The average Bonchev–Trinajstić information content (AvgIpc) is 2.94. The Hall–Kier alpha value is -2.63. The van der Waals surface area contributed by atoms with E-state index in [9.17, 15) is 9.59 Å². The molecule has 2 aromatic rings. The van der Waals surface area contributed by atoms with Gasteiger partial charge in [-0.3, -0.25) is 9.78 Å². The molecule has 0 atom stereocenters. The van der Waals surface area contributed by atoms with Gasteiger partial charge in [-0.2, -0.15) is 0 Å². The SMILES string of the molecule is CCCn1cccc1C(=O)NCc1cc(C(=O)O)ccn1. The molecular formula is C15H17N3O3. The number of carboxylic acid groups (broad SMARTS) is 1. The lowest BCUT2D eigenvalue weighted by atomic mass is 10.2. The maximum absolute atomic E-state index is 12.1. The van der Waals surface area contributed by atoms with E-state index < -0.39 is 5.97 Å². The molecule has 0 aliphatic carbocycles. The molecule has 1 amide bonds. The van der Waals surface area contributed by atoms with Gasteiger partial charge in [0.15, 0.2) is 0 Å². The summed E-state index contributed by atoms with van der Waals surface area (Å²) in [5, 5.41) is 11.7. The van der Waals surface area contributed by atoms with Gasteiger partial charge in [0.2, 0.25) is 0 Å². The number of nitrogens with zero attached hydrogens (tertiary/aromatic N) is 2. The van der Waals surface area contributed by atoms with Crippen LogP contribution in [0.25, 0.3) is 0 Å².